The van der Waals surface area contributed by atoms with Crippen LogP contribution in [0.3, 0.4) is 0 Å². The van der Waals surface area contributed by atoms with E-state index in [-0.39, 0.29) is 12.5 Å². The highest BCUT2D eigenvalue weighted by molar-refractivity contribution is 7.16. The minimum absolute atomic E-state index is 0.194. The van der Waals surface area contributed by atoms with Crippen molar-refractivity contribution < 1.29 is 14.3 Å². The summed E-state index contributed by atoms with van der Waals surface area (Å²) in [5.74, 6) is 1.03. The zero-order valence-electron chi connectivity index (χ0n) is 13.3. The molecule has 0 radical (unpaired) electrons. The molecule has 1 amide bonds. The number of aryl methyl sites for hydroxylation is 2. The molecular formula is C16H16N4O3S. The van der Waals surface area contributed by atoms with Crippen molar-refractivity contribution in [2.45, 2.75) is 26.5 Å². The molecule has 3 heterocycles. The first-order chi connectivity index (χ1) is 11.6. The number of nitrogens with one attached hydrogen (secondary N) is 1. The molecule has 0 spiro atoms. The molecule has 1 unspecified atom stereocenters. The maximum absolute atomic E-state index is 12.4. The topological polar surface area (TPSA) is 77.8 Å². The van der Waals surface area contributed by atoms with Crippen LogP contribution in [0.15, 0.2) is 24.3 Å². The Balaban J connectivity index is 1.46. The molecule has 0 fully saturated rings. The van der Waals surface area contributed by atoms with Crippen LogP contribution < -0.4 is 14.8 Å². The Labute approximate surface area is 142 Å². The number of ether oxygens (including phenoxy) is 2. The number of hydrogen-bond donors (Lipinski definition) is 1. The third-order valence-electron chi connectivity index (χ3n) is 3.83. The Hall–Kier alpha value is -2.61. The van der Waals surface area contributed by atoms with E-state index in [1.165, 1.54) is 11.3 Å². The summed E-state index contributed by atoms with van der Waals surface area (Å²) in [7, 11) is 0. The summed E-state index contributed by atoms with van der Waals surface area (Å²) in [4.78, 5) is 17.7. The molecule has 0 saturated heterocycles. The molecule has 1 N–H and O–H groups in total. The van der Waals surface area contributed by atoms with Gasteiger partial charge in [-0.05, 0) is 26.0 Å². The molecule has 1 aliphatic rings. The number of amides is 1. The summed E-state index contributed by atoms with van der Waals surface area (Å²) in [5.41, 5.74) is 1.74. The second-order valence-corrected chi connectivity index (χ2v) is 6.70. The van der Waals surface area contributed by atoms with Gasteiger partial charge < -0.3 is 14.8 Å². The van der Waals surface area contributed by atoms with E-state index in [2.05, 4.69) is 15.4 Å². The van der Waals surface area contributed by atoms with E-state index in [0.717, 1.165) is 21.4 Å². The van der Waals surface area contributed by atoms with Crippen LogP contribution in [0.1, 0.15) is 16.4 Å². The Morgan fingerprint density at radius 2 is 2.17 bits per heavy atom. The number of para-hydroxylation sites is 2. The lowest BCUT2D eigenvalue weighted by Gasteiger charge is -2.25. The highest BCUT2D eigenvalue weighted by atomic mass is 32.1. The molecule has 124 valence electrons. The van der Waals surface area contributed by atoms with Crippen LogP contribution in [-0.2, 0) is 11.3 Å². The smallest absolute Gasteiger partial charge is 0.265 e. The summed E-state index contributed by atoms with van der Waals surface area (Å²) in [6, 6.07) is 7.32. The Morgan fingerprint density at radius 1 is 1.38 bits per heavy atom. The van der Waals surface area contributed by atoms with Crippen molar-refractivity contribution in [3.05, 3.63) is 40.7 Å². The fraction of sp³-hybridized carbons (Fsp3) is 0.312. The van der Waals surface area contributed by atoms with Crippen molar-refractivity contribution in [2.24, 2.45) is 0 Å². The van der Waals surface area contributed by atoms with Crippen LogP contribution in [0.4, 0.5) is 0 Å². The largest absolute Gasteiger partial charge is 0.485 e. The summed E-state index contributed by atoms with van der Waals surface area (Å²) < 4.78 is 13.1. The van der Waals surface area contributed by atoms with Crippen molar-refractivity contribution in [2.75, 3.05) is 6.61 Å². The molecule has 0 saturated carbocycles. The molecule has 8 heteroatoms. The summed E-state index contributed by atoms with van der Waals surface area (Å²) in [6.07, 6.45) is -0.666. The zero-order valence-corrected chi connectivity index (χ0v) is 14.1. The SMILES string of the molecule is Cc1nn2c(CNC(=O)C3COc4ccccc4O3)c(C)nc2s1. The monoisotopic (exact) mass is 344 g/mol. The molecule has 24 heavy (non-hydrogen) atoms. The fourth-order valence-electron chi connectivity index (χ4n) is 2.62. The number of benzene rings is 1. The van der Waals surface area contributed by atoms with Crippen LogP contribution in [0, 0.1) is 13.8 Å². The molecule has 1 aromatic carbocycles. The van der Waals surface area contributed by atoms with Gasteiger partial charge in [-0.25, -0.2) is 9.50 Å². The number of rotatable bonds is 3. The van der Waals surface area contributed by atoms with Crippen LogP contribution >= 0.6 is 11.3 Å². The second kappa shape index (κ2) is 5.79. The van der Waals surface area contributed by atoms with Crippen LogP contribution in [0.25, 0.3) is 4.96 Å². The molecular weight excluding hydrogens is 328 g/mol. The Bertz CT molecular complexity index is 917. The summed E-state index contributed by atoms with van der Waals surface area (Å²) >= 11 is 1.53. The van der Waals surface area contributed by atoms with Crippen molar-refractivity contribution in [1.29, 1.82) is 0 Å². The predicted molar refractivity (Wildman–Crippen MR) is 88.5 cm³/mol. The number of imidazole rings is 1. The van der Waals surface area contributed by atoms with Gasteiger partial charge >= 0.3 is 0 Å². The average Bonchev–Trinajstić information content (AvgIpc) is 3.07. The molecule has 2 aromatic heterocycles. The van der Waals surface area contributed by atoms with Crippen LogP contribution in [0.2, 0.25) is 0 Å². The number of nitrogens with zero attached hydrogens (tertiary/aromatic N) is 3. The van der Waals surface area contributed by atoms with Gasteiger partial charge in [0.2, 0.25) is 11.1 Å². The van der Waals surface area contributed by atoms with Gasteiger partial charge in [-0.1, -0.05) is 23.5 Å². The summed E-state index contributed by atoms with van der Waals surface area (Å²) in [5, 5.41) is 8.24. The van der Waals surface area contributed by atoms with E-state index in [4.69, 9.17) is 9.47 Å². The van der Waals surface area contributed by atoms with Gasteiger partial charge in [0.1, 0.15) is 11.6 Å². The van der Waals surface area contributed by atoms with E-state index in [9.17, 15) is 4.79 Å². The van der Waals surface area contributed by atoms with E-state index >= 15 is 0 Å². The lowest BCUT2D eigenvalue weighted by Crippen LogP contribution is -2.43. The van der Waals surface area contributed by atoms with Crippen molar-refractivity contribution in [1.82, 2.24) is 19.9 Å². The minimum Gasteiger partial charge on any atom is -0.485 e. The molecule has 7 nitrogen and oxygen atoms in total. The second-order valence-electron chi connectivity index (χ2n) is 5.54. The number of hydrogen-bond acceptors (Lipinski definition) is 6. The first-order valence-electron chi connectivity index (χ1n) is 7.59. The molecule has 4 rings (SSSR count). The van der Waals surface area contributed by atoms with E-state index in [0.29, 0.717) is 18.0 Å². The third-order valence-corrected chi connectivity index (χ3v) is 4.65. The number of aromatic nitrogens is 3. The number of fused-ring (bicyclic) bond motifs is 2. The van der Waals surface area contributed by atoms with E-state index in [1.54, 1.807) is 10.6 Å². The molecule has 0 bridgehead atoms. The predicted octanol–water partition coefficient (Wildman–Crippen LogP) is 1.86. The van der Waals surface area contributed by atoms with E-state index in [1.807, 2.05) is 32.0 Å². The van der Waals surface area contributed by atoms with Gasteiger partial charge in [0.15, 0.2) is 11.5 Å². The number of carbonyl (C=O) groups excluding carboxylic acids is 1. The first kappa shape index (κ1) is 14.9. The zero-order chi connectivity index (χ0) is 16.7. The van der Waals surface area contributed by atoms with Gasteiger partial charge in [0.25, 0.3) is 5.91 Å². The minimum atomic E-state index is -0.666. The first-order valence-corrected chi connectivity index (χ1v) is 8.41. The van der Waals surface area contributed by atoms with E-state index < -0.39 is 6.10 Å². The highest BCUT2D eigenvalue weighted by Crippen LogP contribution is 2.30. The van der Waals surface area contributed by atoms with Gasteiger partial charge in [0.05, 0.1) is 17.9 Å². The third kappa shape index (κ3) is 2.58. The van der Waals surface area contributed by atoms with Gasteiger partial charge in [-0.15, -0.1) is 0 Å². The lowest BCUT2D eigenvalue weighted by molar-refractivity contribution is -0.130. The molecule has 0 aliphatic carbocycles. The van der Waals surface area contributed by atoms with Crippen molar-refractivity contribution >= 4 is 22.2 Å². The Morgan fingerprint density at radius 3 is 3.00 bits per heavy atom. The standard InChI is InChI=1S/C16H16N4O3S/c1-9-11(20-16(18-9)24-10(2)19-20)7-17-15(21)14-8-22-12-5-3-4-6-13(12)23-14/h3-6,14H,7-8H2,1-2H3,(H,17,21). The maximum atomic E-state index is 12.4. The van der Waals surface area contributed by atoms with Crippen LogP contribution in [-0.4, -0.2) is 33.2 Å². The fourth-order valence-corrected chi connectivity index (χ4v) is 3.43. The molecule has 1 atom stereocenters. The van der Waals surface area contributed by atoms with Gasteiger partial charge in [-0.3, -0.25) is 4.79 Å². The van der Waals surface area contributed by atoms with Gasteiger partial charge in [0, 0.05) is 0 Å². The normalized spacial score (nSPS) is 16.3. The summed E-state index contributed by atoms with van der Waals surface area (Å²) in [6.45, 7) is 4.38. The van der Waals surface area contributed by atoms with Crippen LogP contribution in [0.5, 0.6) is 11.5 Å². The van der Waals surface area contributed by atoms with Crippen molar-refractivity contribution in [3.63, 3.8) is 0 Å². The maximum Gasteiger partial charge on any atom is 0.265 e. The lowest BCUT2D eigenvalue weighted by atomic mass is 10.2. The quantitative estimate of drug-likeness (QED) is 0.785. The number of carbonyl (C=O) groups is 1. The molecule has 3 aromatic rings. The molecule has 1 aliphatic heterocycles. The average molecular weight is 344 g/mol. The van der Waals surface area contributed by atoms with Gasteiger partial charge in [-0.2, -0.15) is 5.10 Å². The highest BCUT2D eigenvalue weighted by Gasteiger charge is 2.27. The van der Waals surface area contributed by atoms with Crippen molar-refractivity contribution in [3.8, 4) is 11.5 Å². The Kier molecular flexibility index (Phi) is 3.61.